The van der Waals surface area contributed by atoms with Gasteiger partial charge in [-0.2, -0.15) is 5.10 Å². The predicted octanol–water partition coefficient (Wildman–Crippen LogP) is 4.25. The third-order valence-corrected chi connectivity index (χ3v) is 3.30. The van der Waals surface area contributed by atoms with Gasteiger partial charge in [0.15, 0.2) is 0 Å². The summed E-state index contributed by atoms with van der Waals surface area (Å²) < 4.78 is 2.18. The number of aryl methyl sites for hydroxylation is 1. The van der Waals surface area contributed by atoms with Crippen molar-refractivity contribution in [3.63, 3.8) is 0 Å². The van der Waals surface area contributed by atoms with E-state index in [0.29, 0.717) is 6.04 Å². The Hall–Kier alpha value is -0.908. The standard InChI is InChI=1S/C16H22N2.Pd/c1-5-14-16(13-10-8-7-9-11-13)15(6-2)18(17-14)12(3)4;/h7-12H,5-6H2,1-4H3;. The van der Waals surface area contributed by atoms with Crippen molar-refractivity contribution in [1.82, 2.24) is 9.78 Å². The first-order valence-corrected chi connectivity index (χ1v) is 6.84. The molecule has 1 aromatic carbocycles. The molecule has 0 unspecified atom stereocenters. The second kappa shape index (κ2) is 7.03. The van der Waals surface area contributed by atoms with E-state index >= 15 is 0 Å². The van der Waals surface area contributed by atoms with Crippen LogP contribution in [0.5, 0.6) is 0 Å². The number of benzene rings is 1. The molecular weight excluding hydrogens is 327 g/mol. The fourth-order valence-electron chi connectivity index (χ4n) is 2.47. The number of rotatable bonds is 4. The van der Waals surface area contributed by atoms with E-state index in [9.17, 15) is 0 Å². The predicted molar refractivity (Wildman–Crippen MR) is 76.8 cm³/mol. The molecule has 0 saturated heterocycles. The van der Waals surface area contributed by atoms with Gasteiger partial charge in [-0.05, 0) is 32.3 Å². The van der Waals surface area contributed by atoms with Gasteiger partial charge in [-0.15, -0.1) is 0 Å². The van der Waals surface area contributed by atoms with Crippen molar-refractivity contribution in [3.8, 4) is 11.1 Å². The molecule has 0 saturated carbocycles. The van der Waals surface area contributed by atoms with Crippen LogP contribution in [-0.4, -0.2) is 9.78 Å². The van der Waals surface area contributed by atoms with Crippen LogP contribution in [0.25, 0.3) is 11.1 Å². The van der Waals surface area contributed by atoms with E-state index in [1.165, 1.54) is 22.5 Å². The summed E-state index contributed by atoms with van der Waals surface area (Å²) in [7, 11) is 0. The first-order chi connectivity index (χ1) is 8.69. The van der Waals surface area contributed by atoms with Crippen molar-refractivity contribution in [2.45, 2.75) is 46.6 Å². The van der Waals surface area contributed by atoms with Crippen LogP contribution in [-0.2, 0) is 33.3 Å². The zero-order valence-corrected chi connectivity index (χ0v) is 13.6. The minimum atomic E-state index is 0. The first-order valence-electron chi connectivity index (χ1n) is 6.84. The maximum absolute atomic E-state index is 4.79. The topological polar surface area (TPSA) is 17.8 Å². The molecule has 0 radical (unpaired) electrons. The maximum atomic E-state index is 4.79. The molecule has 1 heterocycles. The van der Waals surface area contributed by atoms with E-state index in [1.54, 1.807) is 0 Å². The monoisotopic (exact) mass is 348 g/mol. The normalized spacial score (nSPS) is 10.6. The smallest absolute Gasteiger partial charge is 0.0703 e. The Labute approximate surface area is 129 Å². The molecule has 0 amide bonds. The zero-order chi connectivity index (χ0) is 13.1. The summed E-state index contributed by atoms with van der Waals surface area (Å²) in [5.74, 6) is 0. The van der Waals surface area contributed by atoms with Gasteiger partial charge >= 0.3 is 0 Å². The van der Waals surface area contributed by atoms with Gasteiger partial charge in [-0.25, -0.2) is 0 Å². The summed E-state index contributed by atoms with van der Waals surface area (Å²) in [6.07, 6.45) is 2.01. The molecule has 0 N–H and O–H groups in total. The van der Waals surface area contributed by atoms with E-state index in [0.717, 1.165) is 12.8 Å². The van der Waals surface area contributed by atoms with Crippen LogP contribution < -0.4 is 0 Å². The SMILES string of the molecule is CCc1nn(C(C)C)c(CC)c1-c1ccccc1.[Pd]. The van der Waals surface area contributed by atoms with Crippen LogP contribution in [0.3, 0.4) is 0 Å². The fourth-order valence-corrected chi connectivity index (χ4v) is 2.47. The van der Waals surface area contributed by atoms with Crippen LogP contribution >= 0.6 is 0 Å². The van der Waals surface area contributed by atoms with Crippen molar-refractivity contribution in [3.05, 3.63) is 41.7 Å². The maximum Gasteiger partial charge on any atom is 0.0703 e. The quantitative estimate of drug-likeness (QED) is 0.755. The largest absolute Gasteiger partial charge is 0.266 e. The summed E-state index contributed by atoms with van der Waals surface area (Å²) >= 11 is 0. The number of aromatic nitrogens is 2. The molecule has 2 aromatic rings. The Morgan fingerprint density at radius 2 is 1.68 bits per heavy atom. The Kier molecular flexibility index (Phi) is 5.97. The van der Waals surface area contributed by atoms with Gasteiger partial charge in [0.2, 0.25) is 0 Å². The van der Waals surface area contributed by atoms with E-state index in [2.05, 4.69) is 62.7 Å². The van der Waals surface area contributed by atoms with E-state index in [-0.39, 0.29) is 20.4 Å². The average Bonchev–Trinajstić information content (AvgIpc) is 2.78. The molecule has 0 aliphatic carbocycles. The Balaban J connectivity index is 0.00000180. The number of hydrogen-bond acceptors (Lipinski definition) is 1. The Bertz CT molecular complexity index is 515. The number of nitrogens with zero attached hydrogens (tertiary/aromatic N) is 2. The molecule has 1 aromatic heterocycles. The molecule has 0 aliphatic rings. The van der Waals surface area contributed by atoms with Crippen molar-refractivity contribution < 1.29 is 20.4 Å². The average molecular weight is 349 g/mol. The molecule has 19 heavy (non-hydrogen) atoms. The second-order valence-electron chi connectivity index (χ2n) is 4.88. The third-order valence-electron chi connectivity index (χ3n) is 3.30. The van der Waals surface area contributed by atoms with Crippen LogP contribution in [0.2, 0.25) is 0 Å². The van der Waals surface area contributed by atoms with Gasteiger partial charge < -0.3 is 0 Å². The summed E-state index contributed by atoms with van der Waals surface area (Å²) in [6, 6.07) is 11.0. The summed E-state index contributed by atoms with van der Waals surface area (Å²) in [4.78, 5) is 0. The fraction of sp³-hybridized carbons (Fsp3) is 0.438. The van der Waals surface area contributed by atoms with Gasteiger partial charge in [0.1, 0.15) is 0 Å². The molecule has 0 spiro atoms. The molecule has 0 bridgehead atoms. The number of hydrogen-bond donors (Lipinski definition) is 0. The Morgan fingerprint density at radius 3 is 2.16 bits per heavy atom. The molecule has 3 heteroatoms. The van der Waals surface area contributed by atoms with Crippen molar-refractivity contribution in [2.75, 3.05) is 0 Å². The van der Waals surface area contributed by atoms with Crippen LogP contribution in [0, 0.1) is 0 Å². The minimum absolute atomic E-state index is 0. The van der Waals surface area contributed by atoms with Crippen molar-refractivity contribution in [2.24, 2.45) is 0 Å². The molecule has 2 nitrogen and oxygen atoms in total. The minimum Gasteiger partial charge on any atom is -0.266 e. The van der Waals surface area contributed by atoms with Crippen LogP contribution in [0.4, 0.5) is 0 Å². The van der Waals surface area contributed by atoms with Gasteiger partial charge in [0.05, 0.1) is 5.69 Å². The summed E-state index contributed by atoms with van der Waals surface area (Å²) in [5, 5.41) is 4.79. The second-order valence-corrected chi connectivity index (χ2v) is 4.88. The van der Waals surface area contributed by atoms with Crippen LogP contribution in [0.15, 0.2) is 30.3 Å². The summed E-state index contributed by atoms with van der Waals surface area (Å²) in [5.41, 5.74) is 5.20. The zero-order valence-electron chi connectivity index (χ0n) is 12.1. The van der Waals surface area contributed by atoms with Gasteiger partial charge in [0.25, 0.3) is 0 Å². The molecular formula is C16H22N2Pd. The van der Waals surface area contributed by atoms with Gasteiger partial charge in [-0.1, -0.05) is 44.2 Å². The molecule has 2 rings (SSSR count). The van der Waals surface area contributed by atoms with Crippen molar-refractivity contribution in [1.29, 1.82) is 0 Å². The summed E-state index contributed by atoms with van der Waals surface area (Å²) in [6.45, 7) is 8.78. The van der Waals surface area contributed by atoms with E-state index in [4.69, 9.17) is 5.10 Å². The molecule has 0 atom stereocenters. The van der Waals surface area contributed by atoms with E-state index in [1.807, 2.05) is 0 Å². The van der Waals surface area contributed by atoms with Gasteiger partial charge in [0, 0.05) is 37.7 Å². The third kappa shape index (κ3) is 3.16. The first kappa shape index (κ1) is 16.1. The van der Waals surface area contributed by atoms with Gasteiger partial charge in [-0.3, -0.25) is 4.68 Å². The molecule has 106 valence electrons. The molecule has 0 fully saturated rings. The van der Waals surface area contributed by atoms with Crippen LogP contribution in [0.1, 0.15) is 45.1 Å². The Morgan fingerprint density at radius 1 is 1.05 bits per heavy atom. The van der Waals surface area contributed by atoms with Crippen molar-refractivity contribution >= 4 is 0 Å². The molecule has 0 aliphatic heterocycles. The van der Waals surface area contributed by atoms with E-state index < -0.39 is 0 Å².